The van der Waals surface area contributed by atoms with Gasteiger partial charge < -0.3 is 4.90 Å². The predicted molar refractivity (Wildman–Crippen MR) is 79.3 cm³/mol. The first-order chi connectivity index (χ1) is 11.3. The van der Waals surface area contributed by atoms with Gasteiger partial charge in [-0.15, -0.1) is 10.2 Å². The van der Waals surface area contributed by atoms with Crippen LogP contribution in [0.5, 0.6) is 0 Å². The largest absolute Gasteiger partial charge is 0.435 e. The fourth-order valence-electron chi connectivity index (χ4n) is 2.38. The van der Waals surface area contributed by atoms with Crippen molar-refractivity contribution in [1.82, 2.24) is 10.2 Å². The zero-order valence-electron chi connectivity index (χ0n) is 12.4. The lowest BCUT2D eigenvalue weighted by Gasteiger charge is -2.23. The molecule has 1 saturated carbocycles. The highest BCUT2D eigenvalue weighted by Gasteiger charge is 2.34. The number of halogens is 3. The topological polar surface area (TPSA) is 72.2 Å². The van der Waals surface area contributed by atoms with Crippen LogP contribution in [0, 0.1) is 10.1 Å². The summed E-state index contributed by atoms with van der Waals surface area (Å²) in [5.41, 5.74) is -0.378. The minimum atomic E-state index is -4.53. The van der Waals surface area contributed by atoms with Gasteiger partial charge in [-0.3, -0.25) is 10.1 Å². The van der Waals surface area contributed by atoms with Crippen LogP contribution in [0.3, 0.4) is 0 Å². The van der Waals surface area contributed by atoms with E-state index in [-0.39, 0.29) is 11.7 Å². The van der Waals surface area contributed by atoms with E-state index in [1.54, 1.807) is 12.1 Å². The first-order valence-electron chi connectivity index (χ1n) is 7.25. The van der Waals surface area contributed by atoms with Crippen molar-refractivity contribution < 1.29 is 18.1 Å². The minimum Gasteiger partial charge on any atom is -0.348 e. The zero-order chi connectivity index (χ0) is 17.3. The molecule has 24 heavy (non-hydrogen) atoms. The number of non-ortho nitro benzene ring substituents is 1. The SMILES string of the molecule is O=[N+]([O-])c1cccc(CN(c2ccc(C(F)(F)F)nn2)C2CC2)c1. The average Bonchev–Trinajstić information content (AvgIpc) is 3.37. The zero-order valence-corrected chi connectivity index (χ0v) is 12.4. The van der Waals surface area contributed by atoms with E-state index in [1.807, 2.05) is 4.90 Å². The van der Waals surface area contributed by atoms with E-state index in [1.165, 1.54) is 18.2 Å². The van der Waals surface area contributed by atoms with E-state index in [9.17, 15) is 23.3 Å². The van der Waals surface area contributed by atoms with Gasteiger partial charge in [-0.1, -0.05) is 12.1 Å². The molecular formula is C15H13F3N4O2. The van der Waals surface area contributed by atoms with Crippen LogP contribution in [0.4, 0.5) is 24.7 Å². The number of anilines is 1. The Balaban J connectivity index is 1.83. The smallest absolute Gasteiger partial charge is 0.348 e. The van der Waals surface area contributed by atoms with Crippen molar-refractivity contribution in [1.29, 1.82) is 0 Å². The number of hydrogen-bond acceptors (Lipinski definition) is 5. The summed E-state index contributed by atoms with van der Waals surface area (Å²) in [6.07, 6.45) is -2.73. The van der Waals surface area contributed by atoms with Crippen molar-refractivity contribution in [3.63, 3.8) is 0 Å². The van der Waals surface area contributed by atoms with Crippen molar-refractivity contribution >= 4 is 11.5 Å². The lowest BCUT2D eigenvalue weighted by Crippen LogP contribution is -2.26. The summed E-state index contributed by atoms with van der Waals surface area (Å²) >= 11 is 0. The first-order valence-corrected chi connectivity index (χ1v) is 7.25. The molecule has 9 heteroatoms. The molecule has 0 bridgehead atoms. The van der Waals surface area contributed by atoms with Crippen molar-refractivity contribution in [2.24, 2.45) is 0 Å². The Morgan fingerprint density at radius 2 is 1.96 bits per heavy atom. The van der Waals surface area contributed by atoms with Crippen LogP contribution in [0.15, 0.2) is 36.4 Å². The summed E-state index contributed by atoms with van der Waals surface area (Å²) < 4.78 is 37.7. The molecule has 0 saturated heterocycles. The van der Waals surface area contributed by atoms with E-state index in [0.29, 0.717) is 17.9 Å². The second kappa shape index (κ2) is 6.06. The molecule has 1 aliphatic rings. The monoisotopic (exact) mass is 338 g/mol. The highest BCUT2D eigenvalue weighted by atomic mass is 19.4. The molecule has 1 aromatic carbocycles. The molecular weight excluding hydrogens is 325 g/mol. The van der Waals surface area contributed by atoms with Gasteiger partial charge in [0.1, 0.15) is 0 Å². The highest BCUT2D eigenvalue weighted by Crippen LogP contribution is 2.33. The van der Waals surface area contributed by atoms with E-state index < -0.39 is 16.8 Å². The first kappa shape index (κ1) is 16.2. The standard InChI is InChI=1S/C15H13F3N4O2/c16-15(17,18)13-6-7-14(20-19-13)21(11-4-5-11)9-10-2-1-3-12(8-10)22(23)24/h1-3,6-8,11H,4-5,9H2. The number of nitro groups is 1. The normalized spacial score (nSPS) is 14.5. The molecule has 0 amide bonds. The molecule has 126 valence electrons. The molecule has 0 aliphatic heterocycles. The molecule has 1 fully saturated rings. The van der Waals surface area contributed by atoms with E-state index >= 15 is 0 Å². The van der Waals surface area contributed by atoms with Crippen LogP contribution in [-0.4, -0.2) is 21.2 Å². The summed E-state index contributed by atoms with van der Waals surface area (Å²) in [6.45, 7) is 0.326. The van der Waals surface area contributed by atoms with Gasteiger partial charge in [-0.25, -0.2) is 0 Å². The Bertz CT molecular complexity index is 745. The fourth-order valence-corrected chi connectivity index (χ4v) is 2.38. The Morgan fingerprint density at radius 3 is 2.50 bits per heavy atom. The molecule has 3 rings (SSSR count). The van der Waals surface area contributed by atoms with Gasteiger partial charge in [-0.05, 0) is 30.5 Å². The lowest BCUT2D eigenvalue weighted by molar-refractivity contribution is -0.384. The maximum Gasteiger partial charge on any atom is 0.435 e. The van der Waals surface area contributed by atoms with Gasteiger partial charge in [-0.2, -0.15) is 13.2 Å². The van der Waals surface area contributed by atoms with Crippen molar-refractivity contribution in [3.05, 3.63) is 57.8 Å². The second-order valence-electron chi connectivity index (χ2n) is 5.56. The number of hydrogen-bond donors (Lipinski definition) is 0. The molecule has 0 spiro atoms. The maximum absolute atomic E-state index is 12.6. The van der Waals surface area contributed by atoms with Gasteiger partial charge in [0, 0.05) is 24.7 Å². The van der Waals surface area contributed by atoms with Crippen LogP contribution in [0.2, 0.25) is 0 Å². The van der Waals surface area contributed by atoms with Gasteiger partial charge in [0.25, 0.3) is 5.69 Å². The van der Waals surface area contributed by atoms with Crippen molar-refractivity contribution in [3.8, 4) is 0 Å². The number of nitrogens with zero attached hydrogens (tertiary/aromatic N) is 4. The number of nitro benzene ring substituents is 1. The summed E-state index contributed by atoms with van der Waals surface area (Å²) in [5, 5.41) is 17.8. The third-order valence-corrected chi connectivity index (χ3v) is 3.70. The summed E-state index contributed by atoms with van der Waals surface area (Å²) in [4.78, 5) is 12.2. The van der Waals surface area contributed by atoms with Crippen molar-refractivity contribution in [2.45, 2.75) is 31.6 Å². The number of aromatic nitrogens is 2. The van der Waals surface area contributed by atoms with Crippen molar-refractivity contribution in [2.75, 3.05) is 4.90 Å². The number of benzene rings is 1. The predicted octanol–water partition coefficient (Wildman–Crippen LogP) is 3.57. The lowest BCUT2D eigenvalue weighted by atomic mass is 10.2. The fraction of sp³-hybridized carbons (Fsp3) is 0.333. The average molecular weight is 338 g/mol. The summed E-state index contributed by atoms with van der Waals surface area (Å²) in [5.74, 6) is 0.331. The number of alkyl halides is 3. The quantitative estimate of drug-likeness (QED) is 0.615. The van der Waals surface area contributed by atoms with Crippen LogP contribution >= 0.6 is 0 Å². The van der Waals surface area contributed by atoms with Gasteiger partial charge in [0.2, 0.25) is 0 Å². The Morgan fingerprint density at radius 1 is 1.21 bits per heavy atom. The molecule has 0 N–H and O–H groups in total. The summed E-state index contributed by atoms with van der Waals surface area (Å²) in [6, 6.07) is 8.50. The van der Waals surface area contributed by atoms with Gasteiger partial charge in [0.15, 0.2) is 11.5 Å². The second-order valence-corrected chi connectivity index (χ2v) is 5.56. The number of rotatable bonds is 5. The van der Waals surface area contributed by atoms with E-state index in [0.717, 1.165) is 18.9 Å². The van der Waals surface area contributed by atoms with Crippen LogP contribution in [0.1, 0.15) is 24.1 Å². The van der Waals surface area contributed by atoms with E-state index in [2.05, 4.69) is 10.2 Å². The molecule has 6 nitrogen and oxygen atoms in total. The van der Waals surface area contributed by atoms with Crippen LogP contribution in [-0.2, 0) is 12.7 Å². The molecule has 1 heterocycles. The molecule has 0 unspecified atom stereocenters. The highest BCUT2D eigenvalue weighted by molar-refractivity contribution is 5.44. The minimum absolute atomic E-state index is 0.0262. The molecule has 0 atom stereocenters. The Kier molecular flexibility index (Phi) is 4.08. The molecule has 1 aromatic heterocycles. The van der Waals surface area contributed by atoms with Gasteiger partial charge in [0.05, 0.1) is 4.92 Å². The molecule has 2 aromatic rings. The Hall–Kier alpha value is -2.71. The third-order valence-electron chi connectivity index (χ3n) is 3.70. The van der Waals surface area contributed by atoms with Crippen LogP contribution in [0.25, 0.3) is 0 Å². The van der Waals surface area contributed by atoms with Gasteiger partial charge >= 0.3 is 6.18 Å². The Labute approximate surface area is 135 Å². The van der Waals surface area contributed by atoms with Crippen LogP contribution < -0.4 is 4.90 Å². The maximum atomic E-state index is 12.6. The van der Waals surface area contributed by atoms with E-state index in [4.69, 9.17) is 0 Å². The third kappa shape index (κ3) is 3.61. The summed E-state index contributed by atoms with van der Waals surface area (Å²) in [7, 11) is 0. The molecule has 0 radical (unpaired) electrons. The molecule has 1 aliphatic carbocycles.